The van der Waals surface area contributed by atoms with Crippen molar-refractivity contribution in [3.05, 3.63) is 60.2 Å². The van der Waals surface area contributed by atoms with Gasteiger partial charge in [-0.2, -0.15) is 0 Å². The molecule has 0 amide bonds. The fourth-order valence-electron chi connectivity index (χ4n) is 4.21. The van der Waals surface area contributed by atoms with E-state index in [9.17, 15) is 0 Å². The molecule has 1 aromatic carbocycles. The van der Waals surface area contributed by atoms with E-state index in [1.54, 1.807) is 0 Å². The monoisotopic (exact) mass is 402 g/mol. The summed E-state index contributed by atoms with van der Waals surface area (Å²) in [6.07, 6.45) is 5.48. The standard InChI is InChI=1S/C24H26N4O2/c1-17-3-5-19(6-4-17)20-13-21(16-25-15-20)22-14-23(27-18(2)26-22)28-9-7-24(8-10-28)29-11-12-30-24/h3-6,13-16H,7-12H2,1-2H3. The lowest BCUT2D eigenvalue weighted by molar-refractivity contribution is -0.169. The van der Waals surface area contributed by atoms with Crippen LogP contribution in [0.25, 0.3) is 22.4 Å². The second kappa shape index (κ2) is 7.78. The Bertz CT molecular complexity index is 1040. The molecular weight excluding hydrogens is 376 g/mol. The molecule has 6 heteroatoms. The van der Waals surface area contributed by atoms with E-state index in [0.717, 1.165) is 60.0 Å². The largest absolute Gasteiger partial charge is 0.356 e. The number of hydrogen-bond donors (Lipinski definition) is 0. The van der Waals surface area contributed by atoms with Crippen LogP contribution in [0, 0.1) is 13.8 Å². The minimum Gasteiger partial charge on any atom is -0.356 e. The normalized spacial score (nSPS) is 18.1. The van der Waals surface area contributed by atoms with Gasteiger partial charge in [0.1, 0.15) is 11.6 Å². The summed E-state index contributed by atoms with van der Waals surface area (Å²) in [5.41, 5.74) is 5.37. The van der Waals surface area contributed by atoms with Crippen LogP contribution in [-0.2, 0) is 9.47 Å². The van der Waals surface area contributed by atoms with Crippen molar-refractivity contribution in [1.82, 2.24) is 15.0 Å². The predicted octanol–water partition coefficient (Wildman–Crippen LogP) is 4.17. The van der Waals surface area contributed by atoms with E-state index in [-0.39, 0.29) is 5.79 Å². The molecule has 0 aliphatic carbocycles. The third-order valence-electron chi connectivity index (χ3n) is 5.91. The van der Waals surface area contributed by atoms with Crippen LogP contribution >= 0.6 is 0 Å². The number of aryl methyl sites for hydroxylation is 2. The van der Waals surface area contributed by atoms with E-state index in [1.165, 1.54) is 5.56 Å². The van der Waals surface area contributed by atoms with E-state index in [0.29, 0.717) is 13.2 Å². The molecule has 0 bridgehead atoms. The van der Waals surface area contributed by atoms with Crippen LogP contribution in [0.15, 0.2) is 48.8 Å². The first-order chi connectivity index (χ1) is 14.6. The van der Waals surface area contributed by atoms with Crippen LogP contribution in [0.2, 0.25) is 0 Å². The van der Waals surface area contributed by atoms with Crippen LogP contribution in [0.1, 0.15) is 24.2 Å². The molecule has 0 unspecified atom stereocenters. The van der Waals surface area contributed by atoms with Crippen LogP contribution in [0.4, 0.5) is 5.82 Å². The lowest BCUT2D eigenvalue weighted by Gasteiger charge is -2.38. The zero-order valence-corrected chi connectivity index (χ0v) is 17.5. The summed E-state index contributed by atoms with van der Waals surface area (Å²) in [6, 6.07) is 12.7. The summed E-state index contributed by atoms with van der Waals surface area (Å²) in [6.45, 7) is 7.15. The molecule has 0 N–H and O–H groups in total. The average Bonchev–Trinajstić information content (AvgIpc) is 3.22. The van der Waals surface area contributed by atoms with Crippen molar-refractivity contribution in [2.45, 2.75) is 32.5 Å². The van der Waals surface area contributed by atoms with Gasteiger partial charge >= 0.3 is 0 Å². The van der Waals surface area contributed by atoms with Crippen LogP contribution < -0.4 is 4.90 Å². The molecule has 1 spiro atoms. The Hall–Kier alpha value is -2.83. The summed E-state index contributed by atoms with van der Waals surface area (Å²) in [5.74, 6) is 1.33. The molecule has 2 fully saturated rings. The molecule has 0 atom stereocenters. The van der Waals surface area contributed by atoms with E-state index < -0.39 is 0 Å². The van der Waals surface area contributed by atoms with Gasteiger partial charge in [0.15, 0.2) is 5.79 Å². The number of aromatic nitrogens is 3. The van der Waals surface area contributed by atoms with Gasteiger partial charge in [-0.05, 0) is 25.5 Å². The molecule has 2 saturated heterocycles. The van der Waals surface area contributed by atoms with Crippen molar-refractivity contribution < 1.29 is 9.47 Å². The fraction of sp³-hybridized carbons (Fsp3) is 0.375. The lowest BCUT2D eigenvalue weighted by Crippen LogP contribution is -2.45. The average molecular weight is 402 g/mol. The first kappa shape index (κ1) is 19.2. The van der Waals surface area contributed by atoms with Gasteiger partial charge in [-0.1, -0.05) is 29.8 Å². The number of ether oxygens (including phenoxy) is 2. The summed E-state index contributed by atoms with van der Waals surface area (Å²) < 4.78 is 11.7. The first-order valence-electron chi connectivity index (χ1n) is 10.5. The van der Waals surface area contributed by atoms with Crippen LogP contribution in [0.3, 0.4) is 0 Å². The molecule has 30 heavy (non-hydrogen) atoms. The summed E-state index contributed by atoms with van der Waals surface area (Å²) >= 11 is 0. The van der Waals surface area contributed by atoms with Crippen molar-refractivity contribution in [3.8, 4) is 22.4 Å². The molecular formula is C24H26N4O2. The quantitative estimate of drug-likeness (QED) is 0.655. The van der Waals surface area contributed by atoms with Gasteiger partial charge in [-0.3, -0.25) is 4.98 Å². The number of piperidine rings is 1. The van der Waals surface area contributed by atoms with Crippen molar-refractivity contribution >= 4 is 5.82 Å². The molecule has 2 aliphatic rings. The summed E-state index contributed by atoms with van der Waals surface area (Å²) in [4.78, 5) is 16.2. The Morgan fingerprint density at radius 3 is 2.27 bits per heavy atom. The zero-order valence-electron chi connectivity index (χ0n) is 17.5. The van der Waals surface area contributed by atoms with E-state index >= 15 is 0 Å². The molecule has 0 saturated carbocycles. The van der Waals surface area contributed by atoms with Crippen molar-refractivity contribution in [2.24, 2.45) is 0 Å². The minimum absolute atomic E-state index is 0.381. The van der Waals surface area contributed by atoms with Gasteiger partial charge < -0.3 is 14.4 Å². The highest BCUT2D eigenvalue weighted by Crippen LogP contribution is 2.33. The number of nitrogens with zero attached hydrogens (tertiary/aromatic N) is 4. The highest BCUT2D eigenvalue weighted by atomic mass is 16.7. The SMILES string of the molecule is Cc1ccc(-c2cncc(-c3cc(N4CCC5(CC4)OCCO5)nc(C)n3)c2)cc1. The summed E-state index contributed by atoms with van der Waals surface area (Å²) in [7, 11) is 0. The van der Waals surface area contributed by atoms with Crippen molar-refractivity contribution in [2.75, 3.05) is 31.2 Å². The number of rotatable bonds is 3. The van der Waals surface area contributed by atoms with Gasteiger partial charge in [0.25, 0.3) is 0 Å². The number of hydrogen-bond acceptors (Lipinski definition) is 6. The lowest BCUT2D eigenvalue weighted by atomic mass is 10.0. The third kappa shape index (κ3) is 3.80. The maximum atomic E-state index is 5.86. The highest BCUT2D eigenvalue weighted by molar-refractivity contribution is 5.71. The zero-order chi connectivity index (χ0) is 20.6. The van der Waals surface area contributed by atoms with Crippen molar-refractivity contribution in [1.29, 1.82) is 0 Å². The predicted molar refractivity (Wildman–Crippen MR) is 116 cm³/mol. The van der Waals surface area contributed by atoms with Gasteiger partial charge in [0, 0.05) is 55.5 Å². The molecule has 2 aliphatic heterocycles. The molecule has 0 radical (unpaired) electrons. The Morgan fingerprint density at radius 1 is 0.833 bits per heavy atom. The Labute approximate surface area is 176 Å². The van der Waals surface area contributed by atoms with E-state index in [1.807, 2.05) is 19.3 Å². The van der Waals surface area contributed by atoms with E-state index in [4.69, 9.17) is 19.4 Å². The first-order valence-corrected chi connectivity index (χ1v) is 10.5. The third-order valence-corrected chi connectivity index (χ3v) is 5.91. The van der Waals surface area contributed by atoms with E-state index in [2.05, 4.69) is 53.2 Å². The second-order valence-electron chi connectivity index (χ2n) is 8.08. The molecule has 3 aromatic rings. The summed E-state index contributed by atoms with van der Waals surface area (Å²) in [5, 5.41) is 0. The topological polar surface area (TPSA) is 60.4 Å². The Morgan fingerprint density at radius 2 is 1.53 bits per heavy atom. The van der Waals surface area contributed by atoms with Gasteiger partial charge in [0.2, 0.25) is 0 Å². The van der Waals surface area contributed by atoms with Crippen LogP contribution in [0.5, 0.6) is 0 Å². The van der Waals surface area contributed by atoms with Gasteiger partial charge in [-0.25, -0.2) is 9.97 Å². The maximum Gasteiger partial charge on any atom is 0.171 e. The van der Waals surface area contributed by atoms with Gasteiger partial charge in [0.05, 0.1) is 18.9 Å². The molecule has 4 heterocycles. The number of benzene rings is 1. The number of anilines is 1. The Balaban J connectivity index is 1.41. The van der Waals surface area contributed by atoms with Crippen molar-refractivity contribution in [3.63, 3.8) is 0 Å². The van der Waals surface area contributed by atoms with Crippen LogP contribution in [-0.4, -0.2) is 47.0 Å². The molecule has 154 valence electrons. The Kier molecular flexibility index (Phi) is 4.97. The second-order valence-corrected chi connectivity index (χ2v) is 8.08. The fourth-order valence-corrected chi connectivity index (χ4v) is 4.21. The number of pyridine rings is 1. The smallest absolute Gasteiger partial charge is 0.171 e. The minimum atomic E-state index is -0.381. The molecule has 6 nitrogen and oxygen atoms in total. The van der Waals surface area contributed by atoms with Gasteiger partial charge in [-0.15, -0.1) is 0 Å². The maximum absolute atomic E-state index is 5.86. The molecule has 5 rings (SSSR count). The highest BCUT2D eigenvalue weighted by Gasteiger charge is 2.40. The molecule has 2 aromatic heterocycles.